The highest BCUT2D eigenvalue weighted by atomic mass is 79.9. The van der Waals surface area contributed by atoms with Gasteiger partial charge in [-0.05, 0) is 55.3 Å². The van der Waals surface area contributed by atoms with Crippen LogP contribution in [0.15, 0.2) is 40.9 Å². The number of sulfonamides is 1. The van der Waals surface area contributed by atoms with E-state index in [1.807, 2.05) is 13.0 Å². The minimum atomic E-state index is -3.35. The van der Waals surface area contributed by atoms with E-state index in [2.05, 4.69) is 15.9 Å². The average molecular weight is 458 g/mol. The fourth-order valence-electron chi connectivity index (χ4n) is 3.30. The van der Waals surface area contributed by atoms with E-state index in [-0.39, 0.29) is 11.9 Å². The second kappa shape index (κ2) is 6.87. The molecular formula is C18H18BrClN2O3S. The number of hydrogen-bond acceptors (Lipinski definition) is 3. The van der Waals surface area contributed by atoms with Crippen molar-refractivity contribution in [2.24, 2.45) is 0 Å². The Morgan fingerprint density at radius 3 is 2.58 bits per heavy atom. The van der Waals surface area contributed by atoms with E-state index in [1.165, 1.54) is 15.5 Å². The standard InChI is InChI=1S/C18H18BrClN2O3S/c1-11-8-13-9-12(4-6-16(13)22(11)26(3,24)25)18(23)21(2)17-7-5-14(19)10-15(17)20/h4-7,9-11H,8H2,1-3H3. The van der Waals surface area contributed by atoms with E-state index in [0.29, 0.717) is 28.4 Å². The maximum absolute atomic E-state index is 12.9. The average Bonchev–Trinajstić information content (AvgIpc) is 2.88. The van der Waals surface area contributed by atoms with Gasteiger partial charge in [-0.15, -0.1) is 0 Å². The molecular weight excluding hydrogens is 440 g/mol. The first-order valence-corrected chi connectivity index (χ1v) is 11.0. The SMILES string of the molecule is CC1Cc2cc(C(=O)N(C)c3ccc(Br)cc3Cl)ccc2N1S(C)(=O)=O. The van der Waals surface area contributed by atoms with Gasteiger partial charge in [0.05, 0.1) is 22.7 Å². The summed E-state index contributed by atoms with van der Waals surface area (Å²) in [4.78, 5) is 14.4. The maximum atomic E-state index is 12.9. The molecule has 0 spiro atoms. The van der Waals surface area contributed by atoms with Gasteiger partial charge in [-0.1, -0.05) is 27.5 Å². The van der Waals surface area contributed by atoms with Gasteiger partial charge in [0.1, 0.15) is 0 Å². The lowest BCUT2D eigenvalue weighted by Crippen LogP contribution is -2.34. The zero-order chi connectivity index (χ0) is 19.2. The Morgan fingerprint density at radius 2 is 1.96 bits per heavy atom. The van der Waals surface area contributed by atoms with Gasteiger partial charge in [0.25, 0.3) is 5.91 Å². The lowest BCUT2D eigenvalue weighted by Gasteiger charge is -2.22. The summed E-state index contributed by atoms with van der Waals surface area (Å²) in [7, 11) is -1.69. The molecule has 1 aliphatic heterocycles. The fraction of sp³-hybridized carbons (Fsp3) is 0.278. The van der Waals surface area contributed by atoms with E-state index in [4.69, 9.17) is 11.6 Å². The van der Waals surface area contributed by atoms with Crippen molar-refractivity contribution in [1.29, 1.82) is 0 Å². The van der Waals surface area contributed by atoms with Gasteiger partial charge in [0.2, 0.25) is 10.0 Å². The van der Waals surface area contributed by atoms with E-state index >= 15 is 0 Å². The Kier molecular flexibility index (Phi) is 5.07. The molecule has 1 amide bonds. The van der Waals surface area contributed by atoms with Crippen molar-refractivity contribution in [2.75, 3.05) is 22.5 Å². The third-order valence-electron chi connectivity index (χ3n) is 4.41. The number of hydrogen-bond donors (Lipinski definition) is 0. The number of amides is 1. The lowest BCUT2D eigenvalue weighted by atomic mass is 10.1. The first-order valence-electron chi connectivity index (χ1n) is 7.95. The molecule has 2 aromatic carbocycles. The molecule has 0 aliphatic carbocycles. The summed E-state index contributed by atoms with van der Waals surface area (Å²) in [6.07, 6.45) is 1.77. The molecule has 0 saturated carbocycles. The Hall–Kier alpha value is -1.57. The first-order chi connectivity index (χ1) is 12.1. The van der Waals surface area contributed by atoms with Crippen LogP contribution in [0.4, 0.5) is 11.4 Å². The zero-order valence-electron chi connectivity index (χ0n) is 14.5. The third kappa shape index (κ3) is 3.48. The van der Waals surface area contributed by atoms with Crippen molar-refractivity contribution < 1.29 is 13.2 Å². The van der Waals surface area contributed by atoms with Gasteiger partial charge in [-0.2, -0.15) is 0 Å². The normalized spacial score (nSPS) is 16.5. The predicted molar refractivity (Wildman–Crippen MR) is 109 cm³/mol. The summed E-state index contributed by atoms with van der Waals surface area (Å²) in [5.41, 5.74) is 2.59. The van der Waals surface area contributed by atoms with Crippen molar-refractivity contribution in [2.45, 2.75) is 19.4 Å². The maximum Gasteiger partial charge on any atom is 0.258 e. The van der Waals surface area contributed by atoms with Crippen LogP contribution in [-0.4, -0.2) is 33.7 Å². The van der Waals surface area contributed by atoms with Crippen LogP contribution in [0.2, 0.25) is 5.02 Å². The second-order valence-corrected chi connectivity index (χ2v) is 9.60. The fourth-order valence-corrected chi connectivity index (χ4v) is 5.36. The molecule has 0 bridgehead atoms. The second-order valence-electron chi connectivity index (χ2n) is 6.42. The zero-order valence-corrected chi connectivity index (χ0v) is 17.7. The number of rotatable bonds is 3. The van der Waals surface area contributed by atoms with Crippen LogP contribution in [0, 0.1) is 0 Å². The predicted octanol–water partition coefficient (Wildman–Crippen LogP) is 4.09. The highest BCUT2D eigenvalue weighted by Gasteiger charge is 2.33. The molecule has 0 saturated heterocycles. The molecule has 0 N–H and O–H groups in total. The molecule has 1 heterocycles. The number of fused-ring (bicyclic) bond motifs is 1. The van der Waals surface area contributed by atoms with E-state index in [0.717, 1.165) is 10.0 Å². The van der Waals surface area contributed by atoms with E-state index < -0.39 is 10.0 Å². The summed E-state index contributed by atoms with van der Waals surface area (Å²) in [6.45, 7) is 1.86. The Balaban J connectivity index is 1.94. The van der Waals surface area contributed by atoms with Crippen LogP contribution in [0.5, 0.6) is 0 Å². The largest absolute Gasteiger partial charge is 0.310 e. The van der Waals surface area contributed by atoms with E-state index in [9.17, 15) is 13.2 Å². The van der Waals surface area contributed by atoms with Crippen molar-refractivity contribution in [1.82, 2.24) is 0 Å². The number of anilines is 2. The Bertz CT molecular complexity index is 994. The quantitative estimate of drug-likeness (QED) is 0.697. The third-order valence-corrected chi connectivity index (χ3v) is 6.48. The summed E-state index contributed by atoms with van der Waals surface area (Å²) in [5, 5.41) is 0.466. The minimum absolute atomic E-state index is 0.163. The summed E-state index contributed by atoms with van der Waals surface area (Å²) in [6, 6.07) is 10.3. The van der Waals surface area contributed by atoms with E-state index in [1.54, 1.807) is 37.4 Å². The molecule has 5 nitrogen and oxygen atoms in total. The summed E-state index contributed by atoms with van der Waals surface area (Å²) in [5.74, 6) is -0.206. The molecule has 3 rings (SSSR count). The van der Waals surface area contributed by atoms with Crippen LogP contribution in [0.3, 0.4) is 0 Å². The molecule has 1 aliphatic rings. The lowest BCUT2D eigenvalue weighted by molar-refractivity contribution is 0.0993. The highest BCUT2D eigenvalue weighted by molar-refractivity contribution is 9.10. The van der Waals surface area contributed by atoms with Crippen LogP contribution >= 0.6 is 27.5 Å². The van der Waals surface area contributed by atoms with Crippen LogP contribution in [0.1, 0.15) is 22.8 Å². The van der Waals surface area contributed by atoms with Crippen molar-refractivity contribution in [3.8, 4) is 0 Å². The number of carbonyl (C=O) groups is 1. The molecule has 1 unspecified atom stereocenters. The van der Waals surface area contributed by atoms with Gasteiger partial charge >= 0.3 is 0 Å². The number of nitrogens with zero attached hydrogens (tertiary/aromatic N) is 2. The number of benzene rings is 2. The molecule has 1 atom stereocenters. The molecule has 0 radical (unpaired) electrons. The van der Waals surface area contributed by atoms with Crippen LogP contribution in [-0.2, 0) is 16.4 Å². The monoisotopic (exact) mass is 456 g/mol. The molecule has 26 heavy (non-hydrogen) atoms. The summed E-state index contributed by atoms with van der Waals surface area (Å²) < 4.78 is 26.3. The number of carbonyl (C=O) groups excluding carboxylic acids is 1. The van der Waals surface area contributed by atoms with Crippen LogP contribution < -0.4 is 9.21 Å². The van der Waals surface area contributed by atoms with Gasteiger partial charge in [-0.3, -0.25) is 9.10 Å². The van der Waals surface area contributed by atoms with Gasteiger partial charge in [0, 0.05) is 23.1 Å². The highest BCUT2D eigenvalue weighted by Crippen LogP contribution is 2.35. The minimum Gasteiger partial charge on any atom is -0.310 e. The molecule has 138 valence electrons. The van der Waals surface area contributed by atoms with Gasteiger partial charge < -0.3 is 4.90 Å². The van der Waals surface area contributed by atoms with Crippen LogP contribution in [0.25, 0.3) is 0 Å². The smallest absolute Gasteiger partial charge is 0.258 e. The molecule has 8 heteroatoms. The van der Waals surface area contributed by atoms with Crippen molar-refractivity contribution in [3.63, 3.8) is 0 Å². The Labute approximate surface area is 166 Å². The number of halogens is 2. The molecule has 0 aromatic heterocycles. The van der Waals surface area contributed by atoms with Gasteiger partial charge in [0.15, 0.2) is 0 Å². The molecule has 0 fully saturated rings. The molecule has 2 aromatic rings. The first kappa shape index (κ1) is 19.2. The Morgan fingerprint density at radius 1 is 1.27 bits per heavy atom. The summed E-state index contributed by atoms with van der Waals surface area (Å²) >= 11 is 9.59. The van der Waals surface area contributed by atoms with Crippen molar-refractivity contribution >= 4 is 54.8 Å². The topological polar surface area (TPSA) is 57.7 Å². The van der Waals surface area contributed by atoms with Crippen molar-refractivity contribution in [3.05, 3.63) is 57.0 Å². The van der Waals surface area contributed by atoms with Gasteiger partial charge in [-0.25, -0.2) is 8.42 Å².